The van der Waals surface area contributed by atoms with Crippen LogP contribution in [-0.4, -0.2) is 12.4 Å². The molecule has 1 aromatic rings. The van der Waals surface area contributed by atoms with Crippen LogP contribution in [0, 0.1) is 0 Å². The van der Waals surface area contributed by atoms with Crippen LogP contribution < -0.4 is 0 Å². The third-order valence-corrected chi connectivity index (χ3v) is 2.77. The highest BCUT2D eigenvalue weighted by atomic mass is 16.5. The number of benzene rings is 1. The van der Waals surface area contributed by atoms with Crippen molar-refractivity contribution in [3.05, 3.63) is 35.4 Å². The molecule has 0 saturated heterocycles. The van der Waals surface area contributed by atoms with Crippen molar-refractivity contribution in [2.45, 2.75) is 32.3 Å². The van der Waals surface area contributed by atoms with E-state index in [1.807, 2.05) is 24.3 Å². The Morgan fingerprint density at radius 2 is 1.93 bits per heavy atom. The maximum atomic E-state index is 11.9. The van der Waals surface area contributed by atoms with E-state index in [0.29, 0.717) is 13.0 Å². The van der Waals surface area contributed by atoms with Crippen molar-refractivity contribution in [3.8, 4) is 0 Å². The van der Waals surface area contributed by atoms with Gasteiger partial charge < -0.3 is 4.74 Å². The molecule has 0 spiro atoms. The molecular formula is C13H16O2. The van der Waals surface area contributed by atoms with E-state index in [-0.39, 0.29) is 5.78 Å². The molecule has 0 radical (unpaired) electrons. The average molecular weight is 204 g/mol. The number of ketones is 1. The van der Waals surface area contributed by atoms with Crippen LogP contribution in [0.3, 0.4) is 0 Å². The predicted octanol–water partition coefficient (Wildman–Crippen LogP) is 2.96. The largest absolute Gasteiger partial charge is 0.377 e. The lowest BCUT2D eigenvalue weighted by Gasteiger charge is -2.11. The molecule has 0 aromatic heterocycles. The summed E-state index contributed by atoms with van der Waals surface area (Å²) in [7, 11) is 0. The van der Waals surface area contributed by atoms with E-state index in [4.69, 9.17) is 4.74 Å². The van der Waals surface area contributed by atoms with Gasteiger partial charge in [0.15, 0.2) is 5.78 Å². The van der Waals surface area contributed by atoms with Gasteiger partial charge in [-0.25, -0.2) is 0 Å². The van der Waals surface area contributed by atoms with Crippen LogP contribution >= 0.6 is 0 Å². The van der Waals surface area contributed by atoms with Gasteiger partial charge in [-0.3, -0.25) is 4.79 Å². The van der Waals surface area contributed by atoms with Crippen molar-refractivity contribution in [1.82, 2.24) is 0 Å². The quantitative estimate of drug-likeness (QED) is 0.649. The normalized spacial score (nSPS) is 18.3. The number of carbonyl (C=O) groups is 1. The first kappa shape index (κ1) is 10.4. The molecule has 1 heterocycles. The molecule has 80 valence electrons. The second-order valence-electron chi connectivity index (χ2n) is 3.94. The molecule has 0 fully saturated rings. The molecule has 2 rings (SSSR count). The highest BCUT2D eigenvalue weighted by Gasteiger charge is 2.11. The van der Waals surface area contributed by atoms with Crippen molar-refractivity contribution in [2.75, 3.05) is 6.61 Å². The zero-order chi connectivity index (χ0) is 10.5. The molecule has 0 atom stereocenters. The standard InChI is InChI=1S/C13H16O2/c14-13-8-2-1-5-9-15-10-11-6-3-4-7-12(11)13/h3-4,6-7H,1-2,5,8-10H2. The van der Waals surface area contributed by atoms with E-state index in [1.54, 1.807) is 0 Å². The zero-order valence-corrected chi connectivity index (χ0v) is 8.87. The summed E-state index contributed by atoms with van der Waals surface area (Å²) >= 11 is 0. The summed E-state index contributed by atoms with van der Waals surface area (Å²) < 4.78 is 5.53. The van der Waals surface area contributed by atoms with Gasteiger partial charge >= 0.3 is 0 Å². The predicted molar refractivity (Wildman–Crippen MR) is 58.9 cm³/mol. The molecule has 1 aliphatic rings. The van der Waals surface area contributed by atoms with E-state index in [1.165, 1.54) is 0 Å². The van der Waals surface area contributed by atoms with Gasteiger partial charge in [0, 0.05) is 18.6 Å². The Kier molecular flexibility index (Phi) is 3.51. The minimum Gasteiger partial charge on any atom is -0.377 e. The Morgan fingerprint density at radius 1 is 1.07 bits per heavy atom. The fourth-order valence-corrected chi connectivity index (χ4v) is 1.90. The Labute approximate surface area is 90.3 Å². The molecule has 0 N–H and O–H groups in total. The summed E-state index contributed by atoms with van der Waals surface area (Å²) in [5.74, 6) is 0.260. The van der Waals surface area contributed by atoms with Crippen LogP contribution in [0.15, 0.2) is 24.3 Å². The average Bonchev–Trinajstić information content (AvgIpc) is 2.28. The monoisotopic (exact) mass is 204 g/mol. The van der Waals surface area contributed by atoms with Crippen molar-refractivity contribution in [2.24, 2.45) is 0 Å². The minimum atomic E-state index is 0.260. The Morgan fingerprint density at radius 3 is 2.87 bits per heavy atom. The van der Waals surface area contributed by atoms with Crippen LogP contribution in [0.1, 0.15) is 41.6 Å². The number of fused-ring (bicyclic) bond motifs is 1. The Hall–Kier alpha value is -1.15. The van der Waals surface area contributed by atoms with Crippen molar-refractivity contribution < 1.29 is 9.53 Å². The number of hydrogen-bond acceptors (Lipinski definition) is 2. The second-order valence-corrected chi connectivity index (χ2v) is 3.94. The van der Waals surface area contributed by atoms with E-state index >= 15 is 0 Å². The topological polar surface area (TPSA) is 26.3 Å². The number of Topliss-reactive ketones (excluding diaryl/α,β-unsaturated/α-hetero) is 1. The summed E-state index contributed by atoms with van der Waals surface area (Å²) in [6, 6.07) is 7.77. The highest BCUT2D eigenvalue weighted by Crippen LogP contribution is 2.16. The Balaban J connectivity index is 2.23. The fourth-order valence-electron chi connectivity index (χ4n) is 1.90. The smallest absolute Gasteiger partial charge is 0.163 e. The van der Waals surface area contributed by atoms with Crippen molar-refractivity contribution in [3.63, 3.8) is 0 Å². The van der Waals surface area contributed by atoms with Gasteiger partial charge in [0.1, 0.15) is 0 Å². The fraction of sp³-hybridized carbons (Fsp3) is 0.462. The van der Waals surface area contributed by atoms with Gasteiger partial charge in [-0.1, -0.05) is 30.7 Å². The summed E-state index contributed by atoms with van der Waals surface area (Å²) in [5.41, 5.74) is 1.88. The Bertz CT molecular complexity index is 344. The molecular weight excluding hydrogens is 188 g/mol. The molecule has 0 amide bonds. The van der Waals surface area contributed by atoms with Crippen LogP contribution in [0.2, 0.25) is 0 Å². The molecule has 0 bridgehead atoms. The van der Waals surface area contributed by atoms with Gasteiger partial charge in [-0.2, -0.15) is 0 Å². The number of ether oxygens (including phenoxy) is 1. The SMILES string of the molecule is O=C1CCCCCOCc2ccccc21. The molecule has 0 saturated carbocycles. The van der Waals surface area contributed by atoms with Gasteiger partial charge in [0.05, 0.1) is 6.61 Å². The van der Waals surface area contributed by atoms with Gasteiger partial charge in [-0.05, 0) is 18.4 Å². The highest BCUT2D eigenvalue weighted by molar-refractivity contribution is 5.97. The molecule has 2 nitrogen and oxygen atoms in total. The lowest BCUT2D eigenvalue weighted by atomic mass is 9.99. The van der Waals surface area contributed by atoms with Crippen LogP contribution in [0.25, 0.3) is 0 Å². The van der Waals surface area contributed by atoms with E-state index < -0.39 is 0 Å². The van der Waals surface area contributed by atoms with Gasteiger partial charge in [0.25, 0.3) is 0 Å². The van der Waals surface area contributed by atoms with Gasteiger partial charge in [-0.15, -0.1) is 0 Å². The minimum absolute atomic E-state index is 0.260. The number of hydrogen-bond donors (Lipinski definition) is 0. The van der Waals surface area contributed by atoms with Crippen molar-refractivity contribution >= 4 is 5.78 Å². The molecule has 0 unspecified atom stereocenters. The summed E-state index contributed by atoms with van der Waals surface area (Å²) in [6.45, 7) is 1.38. The zero-order valence-electron chi connectivity index (χ0n) is 8.87. The third-order valence-electron chi connectivity index (χ3n) is 2.77. The van der Waals surface area contributed by atoms with Gasteiger partial charge in [0.2, 0.25) is 0 Å². The maximum Gasteiger partial charge on any atom is 0.163 e. The summed E-state index contributed by atoms with van der Waals surface area (Å²) in [6.07, 6.45) is 3.82. The molecule has 1 aromatic carbocycles. The third kappa shape index (κ3) is 2.66. The second kappa shape index (κ2) is 5.08. The number of rotatable bonds is 0. The van der Waals surface area contributed by atoms with E-state index in [9.17, 15) is 4.79 Å². The van der Waals surface area contributed by atoms with Crippen LogP contribution in [0.4, 0.5) is 0 Å². The van der Waals surface area contributed by atoms with Crippen LogP contribution in [0.5, 0.6) is 0 Å². The molecule has 2 heteroatoms. The van der Waals surface area contributed by atoms with E-state index in [0.717, 1.165) is 37.0 Å². The van der Waals surface area contributed by atoms with Crippen LogP contribution in [-0.2, 0) is 11.3 Å². The first-order chi connectivity index (χ1) is 7.38. The first-order valence-electron chi connectivity index (χ1n) is 5.57. The van der Waals surface area contributed by atoms with E-state index in [2.05, 4.69) is 0 Å². The van der Waals surface area contributed by atoms with Crippen molar-refractivity contribution in [1.29, 1.82) is 0 Å². The number of carbonyl (C=O) groups excluding carboxylic acids is 1. The molecule has 0 aliphatic carbocycles. The molecule has 1 aliphatic heterocycles. The molecule has 15 heavy (non-hydrogen) atoms. The first-order valence-corrected chi connectivity index (χ1v) is 5.57. The maximum absolute atomic E-state index is 11.9. The lowest BCUT2D eigenvalue weighted by Crippen LogP contribution is -2.07. The summed E-state index contributed by atoms with van der Waals surface area (Å²) in [4.78, 5) is 11.9. The summed E-state index contributed by atoms with van der Waals surface area (Å²) in [5, 5.41) is 0. The lowest BCUT2D eigenvalue weighted by molar-refractivity contribution is 0.0938.